The average Bonchev–Trinajstić information content (AvgIpc) is 2.34. The average molecular weight is 280 g/mol. The minimum absolute atomic E-state index is 0.0639. The Hall–Kier alpha value is -2.35. The van der Waals surface area contributed by atoms with Crippen LogP contribution in [0.2, 0.25) is 0 Å². The van der Waals surface area contributed by atoms with Gasteiger partial charge in [0.2, 0.25) is 0 Å². The zero-order valence-electron chi connectivity index (χ0n) is 10.0. The number of anilines is 2. The summed E-state index contributed by atoms with van der Waals surface area (Å²) < 4.78 is 22.6. The fraction of sp³-hybridized carbons (Fsp3) is 0.0909. The zero-order valence-corrected chi connectivity index (χ0v) is 10.9. The van der Waals surface area contributed by atoms with E-state index in [1.54, 1.807) is 0 Å². The Kier molecular flexibility index (Phi) is 3.03. The molecule has 0 saturated heterocycles. The molecule has 19 heavy (non-hydrogen) atoms. The molecule has 0 saturated carbocycles. The highest BCUT2D eigenvalue weighted by atomic mass is 32.2. The zero-order chi connectivity index (χ0) is 14.2. The topological polar surface area (TPSA) is 132 Å². The van der Waals surface area contributed by atoms with Crippen LogP contribution in [-0.4, -0.2) is 24.6 Å². The van der Waals surface area contributed by atoms with E-state index in [0.29, 0.717) is 5.56 Å². The molecule has 7 nitrogen and oxygen atoms in total. The smallest absolute Gasteiger partial charge is 0.276 e. The number of nitrogens with one attached hydrogen (secondary N) is 1. The summed E-state index contributed by atoms with van der Waals surface area (Å²) in [5.74, 6) is 0.169. The van der Waals surface area contributed by atoms with Crippen molar-refractivity contribution < 1.29 is 8.42 Å². The Labute approximate surface area is 109 Å². The molecule has 0 aliphatic carbocycles. The molecule has 2 aromatic rings. The van der Waals surface area contributed by atoms with Crippen LogP contribution in [0, 0.1) is 0 Å². The van der Waals surface area contributed by atoms with E-state index in [0.717, 1.165) is 6.26 Å². The highest BCUT2D eigenvalue weighted by Crippen LogP contribution is 2.18. The first-order chi connectivity index (χ1) is 8.79. The van der Waals surface area contributed by atoms with E-state index >= 15 is 0 Å². The normalized spacial score (nSPS) is 11.4. The number of nitrogens with two attached hydrogens (primary N) is 2. The van der Waals surface area contributed by atoms with Gasteiger partial charge in [-0.05, 0) is 24.3 Å². The fourth-order valence-electron chi connectivity index (χ4n) is 1.50. The monoisotopic (exact) mass is 280 g/mol. The molecule has 5 N–H and O–H groups in total. The van der Waals surface area contributed by atoms with Gasteiger partial charge in [-0.3, -0.25) is 4.79 Å². The van der Waals surface area contributed by atoms with E-state index < -0.39 is 15.4 Å². The molecule has 0 spiro atoms. The van der Waals surface area contributed by atoms with E-state index in [9.17, 15) is 13.2 Å². The van der Waals surface area contributed by atoms with Crippen molar-refractivity contribution in [2.24, 2.45) is 0 Å². The van der Waals surface area contributed by atoms with Crippen molar-refractivity contribution >= 4 is 21.3 Å². The van der Waals surface area contributed by atoms with Crippen LogP contribution in [0.25, 0.3) is 11.4 Å². The number of H-pyrrole nitrogens is 1. The van der Waals surface area contributed by atoms with E-state index in [1.165, 1.54) is 24.3 Å². The molecule has 0 fully saturated rings. The molecule has 8 heteroatoms. The van der Waals surface area contributed by atoms with Crippen molar-refractivity contribution in [2.75, 3.05) is 17.7 Å². The molecule has 0 bridgehead atoms. The van der Waals surface area contributed by atoms with Gasteiger partial charge < -0.3 is 16.5 Å². The maximum absolute atomic E-state index is 11.5. The first-order valence-electron chi connectivity index (χ1n) is 5.25. The number of hydrogen-bond donors (Lipinski definition) is 3. The third-order valence-corrected chi connectivity index (χ3v) is 3.67. The van der Waals surface area contributed by atoms with Crippen LogP contribution in [0.4, 0.5) is 11.5 Å². The minimum atomic E-state index is -3.26. The van der Waals surface area contributed by atoms with E-state index in [1.807, 2.05) is 0 Å². The first-order valence-corrected chi connectivity index (χ1v) is 7.14. The third kappa shape index (κ3) is 2.58. The van der Waals surface area contributed by atoms with Crippen LogP contribution in [0.15, 0.2) is 34.0 Å². The van der Waals surface area contributed by atoms with Gasteiger partial charge in [-0.1, -0.05) is 0 Å². The van der Waals surface area contributed by atoms with Crippen molar-refractivity contribution in [1.82, 2.24) is 9.97 Å². The Morgan fingerprint density at radius 3 is 2.21 bits per heavy atom. The summed E-state index contributed by atoms with van der Waals surface area (Å²) >= 11 is 0. The summed E-state index contributed by atoms with van der Waals surface area (Å²) in [6.07, 6.45) is 1.11. The Morgan fingerprint density at radius 2 is 1.74 bits per heavy atom. The van der Waals surface area contributed by atoms with Crippen LogP contribution in [0.3, 0.4) is 0 Å². The molecule has 0 amide bonds. The summed E-state index contributed by atoms with van der Waals surface area (Å²) in [4.78, 5) is 18.1. The number of nitrogens with zero attached hydrogens (tertiary/aromatic N) is 1. The molecule has 1 heterocycles. The maximum Gasteiger partial charge on any atom is 0.276 e. The van der Waals surface area contributed by atoms with Gasteiger partial charge in [-0.25, -0.2) is 13.4 Å². The summed E-state index contributed by atoms with van der Waals surface area (Å²) in [5, 5.41) is 0. The number of aromatic amines is 1. The predicted octanol–water partition coefficient (Wildman–Crippen LogP) is 0.00480. The lowest BCUT2D eigenvalue weighted by Crippen LogP contribution is -2.17. The number of rotatable bonds is 2. The standard InChI is InChI=1S/C11H12N4O3S/c1-19(17,18)7-4-2-6(3-5-7)10-14-9(13)8(12)11(16)15-10/h2-5H,12H2,1H3,(H3,13,14,15,16). The van der Waals surface area contributed by atoms with Gasteiger partial charge in [0.15, 0.2) is 15.7 Å². The quantitative estimate of drug-likeness (QED) is 0.709. The van der Waals surface area contributed by atoms with E-state index in [-0.39, 0.29) is 22.2 Å². The molecule has 1 aromatic carbocycles. The van der Waals surface area contributed by atoms with Crippen molar-refractivity contribution in [2.45, 2.75) is 4.90 Å². The third-order valence-electron chi connectivity index (χ3n) is 2.54. The number of nitrogen functional groups attached to an aromatic ring is 2. The number of benzene rings is 1. The molecule has 0 radical (unpaired) electrons. The van der Waals surface area contributed by atoms with Crippen LogP contribution >= 0.6 is 0 Å². The second-order valence-corrected chi connectivity index (χ2v) is 6.03. The van der Waals surface area contributed by atoms with Crippen LogP contribution in [-0.2, 0) is 9.84 Å². The predicted molar refractivity (Wildman–Crippen MR) is 72.2 cm³/mol. The van der Waals surface area contributed by atoms with Gasteiger partial charge in [-0.2, -0.15) is 0 Å². The molecule has 100 valence electrons. The fourth-order valence-corrected chi connectivity index (χ4v) is 2.13. The lowest BCUT2D eigenvalue weighted by molar-refractivity contribution is 0.602. The summed E-state index contributed by atoms with van der Waals surface area (Å²) in [5.41, 5.74) is 10.8. The summed E-state index contributed by atoms with van der Waals surface area (Å²) in [6, 6.07) is 5.92. The molecule has 1 aromatic heterocycles. The lowest BCUT2D eigenvalue weighted by Gasteiger charge is -2.05. The Bertz CT molecular complexity index is 779. The van der Waals surface area contributed by atoms with Crippen molar-refractivity contribution in [3.63, 3.8) is 0 Å². The molecular formula is C11H12N4O3S. The summed E-state index contributed by atoms with van der Waals surface area (Å²) in [7, 11) is -3.26. The Balaban J connectivity index is 2.52. The summed E-state index contributed by atoms with van der Waals surface area (Å²) in [6.45, 7) is 0. The van der Waals surface area contributed by atoms with Gasteiger partial charge in [0, 0.05) is 11.8 Å². The second-order valence-electron chi connectivity index (χ2n) is 4.01. The van der Waals surface area contributed by atoms with Crippen LogP contribution in [0.1, 0.15) is 0 Å². The van der Waals surface area contributed by atoms with Crippen molar-refractivity contribution in [3.05, 3.63) is 34.6 Å². The van der Waals surface area contributed by atoms with Gasteiger partial charge in [0.25, 0.3) is 5.56 Å². The van der Waals surface area contributed by atoms with Crippen molar-refractivity contribution in [3.8, 4) is 11.4 Å². The first kappa shape index (κ1) is 13.1. The van der Waals surface area contributed by atoms with Gasteiger partial charge in [0.05, 0.1) is 4.90 Å². The molecular weight excluding hydrogens is 268 g/mol. The largest absolute Gasteiger partial charge is 0.391 e. The maximum atomic E-state index is 11.5. The molecule has 0 aliphatic heterocycles. The van der Waals surface area contributed by atoms with Gasteiger partial charge in [-0.15, -0.1) is 0 Å². The molecule has 2 rings (SSSR count). The number of sulfone groups is 1. The second kappa shape index (κ2) is 4.39. The Morgan fingerprint density at radius 1 is 1.16 bits per heavy atom. The molecule has 0 aliphatic rings. The number of aromatic nitrogens is 2. The molecule has 0 unspecified atom stereocenters. The molecule has 0 atom stereocenters. The van der Waals surface area contributed by atoms with E-state index in [4.69, 9.17) is 11.5 Å². The van der Waals surface area contributed by atoms with Gasteiger partial charge in [0.1, 0.15) is 11.5 Å². The van der Waals surface area contributed by atoms with Crippen LogP contribution in [0.5, 0.6) is 0 Å². The highest BCUT2D eigenvalue weighted by Gasteiger charge is 2.10. The number of hydrogen-bond acceptors (Lipinski definition) is 6. The van der Waals surface area contributed by atoms with Crippen LogP contribution < -0.4 is 17.0 Å². The van der Waals surface area contributed by atoms with Gasteiger partial charge >= 0.3 is 0 Å². The lowest BCUT2D eigenvalue weighted by atomic mass is 10.2. The van der Waals surface area contributed by atoms with Crippen molar-refractivity contribution in [1.29, 1.82) is 0 Å². The SMILES string of the molecule is CS(=O)(=O)c1ccc(-c2nc(N)c(N)c(=O)[nH]2)cc1. The minimum Gasteiger partial charge on any atom is -0.391 e. The van der Waals surface area contributed by atoms with E-state index in [2.05, 4.69) is 9.97 Å². The highest BCUT2D eigenvalue weighted by molar-refractivity contribution is 7.90.